The molecule has 240 valence electrons. The summed E-state index contributed by atoms with van der Waals surface area (Å²) in [6, 6.07) is 14.6. The van der Waals surface area contributed by atoms with Gasteiger partial charge in [0.25, 0.3) is 0 Å². The average Bonchev–Trinajstić information content (AvgIpc) is 3.62. The summed E-state index contributed by atoms with van der Waals surface area (Å²) < 4.78 is 0. The lowest BCUT2D eigenvalue weighted by atomic mass is 9.45. The van der Waals surface area contributed by atoms with Crippen LogP contribution in [0.2, 0.25) is 0 Å². The van der Waals surface area contributed by atoms with Crippen molar-refractivity contribution < 1.29 is 0 Å². The monoisotopic (exact) mass is 656 g/mol. The number of hydrogen-bond donors (Lipinski definition) is 2. The molecule has 0 spiro atoms. The smallest absolute Gasteiger partial charge is 0.0199 e. The van der Waals surface area contributed by atoms with Crippen LogP contribution in [0.5, 0.6) is 0 Å². The Kier molecular flexibility index (Phi) is 6.89. The maximum atomic E-state index is 3.39. The molecule has 6 unspecified atom stereocenters. The van der Waals surface area contributed by atoms with E-state index in [4.69, 9.17) is 0 Å². The predicted molar refractivity (Wildman–Crippen MR) is 198 cm³/mol. The van der Waals surface area contributed by atoms with Crippen LogP contribution in [-0.2, 0) is 6.16 Å². The van der Waals surface area contributed by atoms with Gasteiger partial charge >= 0.3 is 0 Å². The second kappa shape index (κ2) is 10.3. The summed E-state index contributed by atoms with van der Waals surface area (Å²) in [6.45, 7) is 10.8. The van der Waals surface area contributed by atoms with Gasteiger partial charge in [-0.1, -0.05) is 52.0 Å². The van der Waals surface area contributed by atoms with Crippen LogP contribution in [0.4, 0.5) is 0 Å². The van der Waals surface area contributed by atoms with E-state index in [-0.39, 0.29) is 0 Å². The van der Waals surface area contributed by atoms with Crippen molar-refractivity contribution in [2.75, 3.05) is 0 Å². The van der Waals surface area contributed by atoms with Crippen molar-refractivity contribution in [3.8, 4) is 0 Å². The summed E-state index contributed by atoms with van der Waals surface area (Å²) >= 11 is 0. The zero-order chi connectivity index (χ0) is 30.7. The van der Waals surface area contributed by atoms with E-state index < -0.39 is 7.92 Å². The Balaban J connectivity index is 1.11. The summed E-state index contributed by atoms with van der Waals surface area (Å²) in [7, 11) is 1.74. The number of aromatic nitrogens is 2. The lowest BCUT2D eigenvalue weighted by Gasteiger charge is -2.67. The van der Waals surface area contributed by atoms with Gasteiger partial charge in [-0.3, -0.25) is 0 Å². The second-order valence-electron chi connectivity index (χ2n) is 19.0. The minimum atomic E-state index is -0.447. The van der Waals surface area contributed by atoms with Gasteiger partial charge in [-0.05, 0) is 163 Å². The number of hydrogen-bond acceptors (Lipinski definition) is 0. The predicted octanol–water partition coefficient (Wildman–Crippen LogP) is 10.8. The van der Waals surface area contributed by atoms with Crippen molar-refractivity contribution in [1.82, 2.24) is 9.97 Å². The highest BCUT2D eigenvalue weighted by atomic mass is 31.1. The van der Waals surface area contributed by atoms with Gasteiger partial charge in [-0.15, -0.1) is 17.2 Å². The molecule has 8 aliphatic carbocycles. The van der Waals surface area contributed by atoms with Crippen molar-refractivity contribution in [2.24, 2.45) is 33.5 Å². The van der Waals surface area contributed by atoms with Crippen LogP contribution in [0.15, 0.2) is 61.2 Å². The highest BCUT2D eigenvalue weighted by molar-refractivity contribution is 7.72. The molecule has 8 saturated carbocycles. The third kappa shape index (κ3) is 5.39. The van der Waals surface area contributed by atoms with Crippen molar-refractivity contribution >= 4 is 35.7 Å². The Morgan fingerprint density at radius 1 is 0.644 bits per heavy atom. The largest absolute Gasteiger partial charge is 0.367 e. The molecule has 45 heavy (non-hydrogen) atoms. The summed E-state index contributed by atoms with van der Waals surface area (Å²) in [6.07, 6.45) is 28.1. The highest BCUT2D eigenvalue weighted by Crippen LogP contribution is 2.78. The van der Waals surface area contributed by atoms with Crippen LogP contribution >= 0.6 is 25.1 Å². The minimum Gasteiger partial charge on any atom is -0.367 e. The topological polar surface area (TPSA) is 31.6 Å². The normalized spacial score (nSPS) is 43.9. The molecule has 8 bridgehead atoms. The van der Waals surface area contributed by atoms with E-state index in [1.165, 1.54) is 87.7 Å². The third-order valence-electron chi connectivity index (χ3n) is 13.6. The SMILES string of the molecule is CC12CC3CC(C)(C1)CC(PC(PC14CC5CC(C)(CC(C)(C5)C1)C4)c1ccccc1CP(c1cc[nH]c1)c1cc[nH]c1)(C3)C2. The average molecular weight is 657 g/mol. The molecular weight excluding hydrogens is 601 g/mol. The first-order valence-corrected chi connectivity index (χ1v) is 21.8. The molecule has 3 aromatic rings. The lowest BCUT2D eigenvalue weighted by Crippen LogP contribution is -2.57. The summed E-state index contributed by atoms with van der Waals surface area (Å²) in [5, 5.41) is 4.85. The van der Waals surface area contributed by atoms with Crippen LogP contribution in [0.25, 0.3) is 0 Å². The molecular formula is C40H55N2P3. The van der Waals surface area contributed by atoms with Crippen LogP contribution in [0, 0.1) is 33.5 Å². The Morgan fingerprint density at radius 3 is 1.53 bits per heavy atom. The molecule has 0 amide bonds. The highest BCUT2D eigenvalue weighted by Gasteiger charge is 2.63. The molecule has 2 nitrogen and oxygen atoms in total. The molecule has 1 aromatic carbocycles. The van der Waals surface area contributed by atoms with E-state index in [2.05, 4.69) is 98.8 Å². The van der Waals surface area contributed by atoms with Crippen molar-refractivity contribution in [1.29, 1.82) is 0 Å². The molecule has 11 rings (SSSR count). The lowest BCUT2D eigenvalue weighted by molar-refractivity contribution is -0.0794. The Hall–Kier alpha value is -0.930. The third-order valence-corrected chi connectivity index (χ3v) is 20.5. The molecule has 8 fully saturated rings. The standard InChI is InChI=1S/C40H55N2P3/c1-35-13-28-14-36(2,22-35)25-39(17-28,24-35)43-34(44-40-18-29-15-37(3,26-40)23-38(4,16-29)27-40)33-8-6-5-7-30(33)21-45(31-9-11-41-19-31)32-10-12-42-20-32/h5-12,19-20,28-29,34,41-44H,13-18,21-27H2,1-4H3. The zero-order valence-corrected chi connectivity index (χ0v) is 31.0. The Morgan fingerprint density at radius 2 is 1.11 bits per heavy atom. The van der Waals surface area contributed by atoms with Gasteiger partial charge < -0.3 is 9.97 Å². The number of nitrogens with one attached hydrogen (secondary N) is 2. The molecule has 2 heterocycles. The summed E-state index contributed by atoms with van der Waals surface area (Å²) in [5.74, 6) is 1.96. The quantitative estimate of drug-likeness (QED) is 0.215. The van der Waals surface area contributed by atoms with Crippen LogP contribution in [0.3, 0.4) is 0 Å². The Bertz CT molecular complexity index is 1430. The maximum absolute atomic E-state index is 3.39. The van der Waals surface area contributed by atoms with Gasteiger partial charge in [0, 0.05) is 36.3 Å². The van der Waals surface area contributed by atoms with Crippen LogP contribution in [0.1, 0.15) is 121 Å². The van der Waals surface area contributed by atoms with E-state index in [9.17, 15) is 0 Å². The van der Waals surface area contributed by atoms with Crippen LogP contribution < -0.4 is 10.6 Å². The first-order valence-electron chi connectivity index (χ1n) is 18.1. The van der Waals surface area contributed by atoms with Crippen molar-refractivity contribution in [3.05, 3.63) is 72.3 Å². The number of aromatic amines is 2. The van der Waals surface area contributed by atoms with E-state index in [1.54, 1.807) is 11.1 Å². The van der Waals surface area contributed by atoms with Gasteiger partial charge in [0.15, 0.2) is 0 Å². The van der Waals surface area contributed by atoms with E-state index in [0.717, 1.165) is 40.6 Å². The van der Waals surface area contributed by atoms with E-state index in [0.29, 0.717) is 32.0 Å². The molecule has 0 saturated heterocycles. The number of rotatable bonds is 9. The fourth-order valence-corrected chi connectivity index (χ4v) is 23.9. The molecule has 2 N–H and O–H groups in total. The number of H-pyrrole nitrogens is 2. The number of benzene rings is 1. The molecule has 0 radical (unpaired) electrons. The molecule has 0 aliphatic heterocycles. The first-order chi connectivity index (χ1) is 21.4. The molecule has 8 aliphatic rings. The van der Waals surface area contributed by atoms with Crippen molar-refractivity contribution in [2.45, 2.75) is 127 Å². The van der Waals surface area contributed by atoms with Gasteiger partial charge in [0.05, 0.1) is 0 Å². The molecule has 2 aromatic heterocycles. The second-order valence-corrected chi connectivity index (χ2v) is 25.6. The first kappa shape index (κ1) is 30.2. The Labute approximate surface area is 277 Å². The minimum absolute atomic E-state index is 0.447. The van der Waals surface area contributed by atoms with Gasteiger partial charge in [0.2, 0.25) is 0 Å². The molecule has 6 atom stereocenters. The fraction of sp³-hybridized carbons (Fsp3) is 0.650. The van der Waals surface area contributed by atoms with Gasteiger partial charge in [-0.2, -0.15) is 0 Å². The van der Waals surface area contributed by atoms with E-state index >= 15 is 0 Å². The van der Waals surface area contributed by atoms with E-state index in [1.807, 2.05) is 0 Å². The summed E-state index contributed by atoms with van der Waals surface area (Å²) in [5.41, 5.74) is 5.77. The van der Waals surface area contributed by atoms with Gasteiger partial charge in [0.1, 0.15) is 0 Å². The summed E-state index contributed by atoms with van der Waals surface area (Å²) in [4.78, 5) is 6.78. The maximum Gasteiger partial charge on any atom is 0.0199 e. The molecule has 5 heteroatoms. The van der Waals surface area contributed by atoms with Crippen molar-refractivity contribution in [3.63, 3.8) is 0 Å². The van der Waals surface area contributed by atoms with Crippen LogP contribution in [-0.4, -0.2) is 20.3 Å². The zero-order valence-electron chi connectivity index (χ0n) is 28.1. The van der Waals surface area contributed by atoms with Gasteiger partial charge in [-0.25, -0.2) is 0 Å². The fourth-order valence-electron chi connectivity index (χ4n) is 14.4.